The molecule has 1 aliphatic heterocycles. The number of nitrogens with two attached hydrogens (primary N) is 1. The zero-order chi connectivity index (χ0) is 12.1. The smallest absolute Gasteiger partial charge is 0.0914 e. The van der Waals surface area contributed by atoms with Crippen LogP contribution in [-0.4, -0.2) is 31.5 Å². The summed E-state index contributed by atoms with van der Waals surface area (Å²) in [6.07, 6.45) is 9.11. The van der Waals surface area contributed by atoms with Gasteiger partial charge in [0, 0.05) is 32.7 Å². The maximum atomic E-state index is 6.50. The van der Waals surface area contributed by atoms with Gasteiger partial charge < -0.3 is 15.2 Å². The lowest BCUT2D eigenvalue weighted by molar-refractivity contribution is -0.115. The van der Waals surface area contributed by atoms with E-state index < -0.39 is 0 Å². The predicted molar refractivity (Wildman–Crippen MR) is 68.9 cm³/mol. The van der Waals surface area contributed by atoms with E-state index in [1.807, 2.05) is 0 Å². The van der Waals surface area contributed by atoms with Gasteiger partial charge in [-0.15, -0.1) is 0 Å². The third-order valence-corrected chi connectivity index (χ3v) is 4.06. The molecule has 1 unspecified atom stereocenters. The number of allylic oxidation sites excluding steroid dienone is 1. The van der Waals surface area contributed by atoms with Gasteiger partial charge in [0.2, 0.25) is 0 Å². The number of ether oxygens (including phenoxy) is 2. The fourth-order valence-corrected chi connectivity index (χ4v) is 3.03. The minimum atomic E-state index is -0.170. The Hall–Kier alpha value is -0.380. The highest BCUT2D eigenvalue weighted by atomic mass is 16.5. The zero-order valence-corrected chi connectivity index (χ0v) is 10.9. The van der Waals surface area contributed by atoms with Crippen molar-refractivity contribution >= 4 is 0 Å². The summed E-state index contributed by atoms with van der Waals surface area (Å²) in [6, 6.07) is 0.0617. The molecule has 0 aromatic carbocycles. The van der Waals surface area contributed by atoms with E-state index in [9.17, 15) is 0 Å². The van der Waals surface area contributed by atoms with Gasteiger partial charge in [0.05, 0.1) is 11.6 Å². The van der Waals surface area contributed by atoms with E-state index in [1.165, 1.54) is 24.8 Å². The second kappa shape index (κ2) is 5.98. The summed E-state index contributed by atoms with van der Waals surface area (Å²) in [4.78, 5) is 0. The molecule has 3 nitrogen and oxygen atoms in total. The molecule has 0 saturated carbocycles. The predicted octanol–water partition coefficient (Wildman–Crippen LogP) is 2.40. The van der Waals surface area contributed by atoms with Gasteiger partial charge in [-0.3, -0.25) is 0 Å². The van der Waals surface area contributed by atoms with Crippen LogP contribution in [0.5, 0.6) is 0 Å². The molecule has 0 amide bonds. The Morgan fingerprint density at radius 2 is 2.18 bits per heavy atom. The van der Waals surface area contributed by atoms with Crippen molar-refractivity contribution in [3.63, 3.8) is 0 Å². The molecule has 1 heterocycles. The molecular weight excluding hydrogens is 214 g/mol. The van der Waals surface area contributed by atoms with Crippen LogP contribution in [0.2, 0.25) is 0 Å². The maximum Gasteiger partial charge on any atom is 0.0914 e. The fourth-order valence-electron chi connectivity index (χ4n) is 3.03. The van der Waals surface area contributed by atoms with Gasteiger partial charge >= 0.3 is 0 Å². The molecule has 1 atom stereocenters. The fraction of sp³-hybridized carbons (Fsp3) is 0.857. The SMILES string of the molecule is CCOC1(C(N)C2=CCCCC2)CCOCC1. The molecule has 1 aliphatic carbocycles. The maximum absolute atomic E-state index is 6.50. The van der Waals surface area contributed by atoms with Gasteiger partial charge in [-0.2, -0.15) is 0 Å². The first kappa shape index (κ1) is 13.1. The Morgan fingerprint density at radius 3 is 2.76 bits per heavy atom. The summed E-state index contributed by atoms with van der Waals surface area (Å²) in [5, 5.41) is 0. The van der Waals surface area contributed by atoms with Crippen molar-refractivity contribution in [2.75, 3.05) is 19.8 Å². The lowest BCUT2D eigenvalue weighted by Crippen LogP contribution is -2.54. The molecular formula is C14H25NO2. The molecule has 3 heteroatoms. The van der Waals surface area contributed by atoms with Crippen molar-refractivity contribution in [3.05, 3.63) is 11.6 Å². The van der Waals surface area contributed by atoms with Crippen molar-refractivity contribution in [3.8, 4) is 0 Å². The van der Waals surface area contributed by atoms with E-state index >= 15 is 0 Å². The molecule has 0 aromatic heterocycles. The summed E-state index contributed by atoms with van der Waals surface area (Å²) in [5.74, 6) is 0. The average molecular weight is 239 g/mol. The third-order valence-electron chi connectivity index (χ3n) is 4.06. The monoisotopic (exact) mass is 239 g/mol. The lowest BCUT2D eigenvalue weighted by atomic mass is 9.79. The van der Waals surface area contributed by atoms with Crippen molar-refractivity contribution < 1.29 is 9.47 Å². The van der Waals surface area contributed by atoms with Gasteiger partial charge in [-0.25, -0.2) is 0 Å². The van der Waals surface area contributed by atoms with Crippen LogP contribution in [-0.2, 0) is 9.47 Å². The van der Waals surface area contributed by atoms with Crippen LogP contribution in [0.15, 0.2) is 11.6 Å². The van der Waals surface area contributed by atoms with Crippen LogP contribution in [0.1, 0.15) is 45.4 Å². The topological polar surface area (TPSA) is 44.5 Å². The summed E-state index contributed by atoms with van der Waals surface area (Å²) < 4.78 is 11.5. The molecule has 2 aliphatic rings. The Bertz CT molecular complexity index is 264. The van der Waals surface area contributed by atoms with E-state index in [4.69, 9.17) is 15.2 Å². The summed E-state index contributed by atoms with van der Waals surface area (Å²) in [5.41, 5.74) is 7.73. The Balaban J connectivity index is 2.10. The van der Waals surface area contributed by atoms with Crippen LogP contribution in [0.3, 0.4) is 0 Å². The third kappa shape index (κ3) is 2.90. The van der Waals surface area contributed by atoms with E-state index in [0.717, 1.165) is 39.1 Å². The normalized spacial score (nSPS) is 26.4. The highest BCUT2D eigenvalue weighted by molar-refractivity contribution is 5.19. The highest BCUT2D eigenvalue weighted by Gasteiger charge is 2.40. The first-order chi connectivity index (χ1) is 8.28. The zero-order valence-electron chi connectivity index (χ0n) is 10.9. The minimum Gasteiger partial charge on any atom is -0.381 e. The van der Waals surface area contributed by atoms with E-state index in [1.54, 1.807) is 0 Å². The molecule has 17 heavy (non-hydrogen) atoms. The summed E-state index contributed by atoms with van der Waals surface area (Å²) in [6.45, 7) is 4.35. The summed E-state index contributed by atoms with van der Waals surface area (Å²) in [7, 11) is 0. The van der Waals surface area contributed by atoms with Gasteiger partial charge in [0.25, 0.3) is 0 Å². The van der Waals surface area contributed by atoms with Crippen LogP contribution in [0.25, 0.3) is 0 Å². The van der Waals surface area contributed by atoms with E-state index in [2.05, 4.69) is 13.0 Å². The number of hydrogen-bond acceptors (Lipinski definition) is 3. The van der Waals surface area contributed by atoms with Crippen molar-refractivity contribution in [1.29, 1.82) is 0 Å². The largest absolute Gasteiger partial charge is 0.381 e. The van der Waals surface area contributed by atoms with E-state index in [0.29, 0.717) is 0 Å². The van der Waals surface area contributed by atoms with Gasteiger partial charge in [-0.1, -0.05) is 11.6 Å². The second-order valence-corrected chi connectivity index (χ2v) is 5.11. The van der Waals surface area contributed by atoms with Crippen molar-refractivity contribution in [2.24, 2.45) is 5.73 Å². The number of rotatable bonds is 4. The van der Waals surface area contributed by atoms with Crippen LogP contribution < -0.4 is 5.73 Å². The Labute approximate surface area is 104 Å². The summed E-state index contributed by atoms with van der Waals surface area (Å²) >= 11 is 0. The average Bonchev–Trinajstić information content (AvgIpc) is 2.40. The molecule has 0 radical (unpaired) electrons. The Morgan fingerprint density at radius 1 is 1.41 bits per heavy atom. The van der Waals surface area contributed by atoms with E-state index in [-0.39, 0.29) is 11.6 Å². The molecule has 2 N–H and O–H groups in total. The van der Waals surface area contributed by atoms with Gasteiger partial charge in [0.1, 0.15) is 0 Å². The molecule has 2 rings (SSSR count). The van der Waals surface area contributed by atoms with Gasteiger partial charge in [-0.05, 0) is 32.6 Å². The molecule has 1 saturated heterocycles. The first-order valence-corrected chi connectivity index (χ1v) is 6.95. The standard InChI is InChI=1S/C14H25NO2/c1-2-17-14(8-10-16-11-9-14)13(15)12-6-4-3-5-7-12/h6,13H,2-5,7-11,15H2,1H3. The second-order valence-electron chi connectivity index (χ2n) is 5.11. The van der Waals surface area contributed by atoms with Crippen LogP contribution in [0, 0.1) is 0 Å². The molecule has 0 bridgehead atoms. The molecule has 0 spiro atoms. The molecule has 1 fully saturated rings. The lowest BCUT2D eigenvalue weighted by Gasteiger charge is -2.43. The first-order valence-electron chi connectivity index (χ1n) is 6.95. The quantitative estimate of drug-likeness (QED) is 0.766. The highest BCUT2D eigenvalue weighted by Crippen LogP contribution is 2.34. The number of hydrogen-bond donors (Lipinski definition) is 1. The van der Waals surface area contributed by atoms with Crippen LogP contribution >= 0.6 is 0 Å². The van der Waals surface area contributed by atoms with Crippen molar-refractivity contribution in [1.82, 2.24) is 0 Å². The van der Waals surface area contributed by atoms with Crippen LogP contribution in [0.4, 0.5) is 0 Å². The molecule has 0 aromatic rings. The molecule has 98 valence electrons. The Kier molecular flexibility index (Phi) is 4.60. The van der Waals surface area contributed by atoms with Gasteiger partial charge in [0.15, 0.2) is 0 Å². The van der Waals surface area contributed by atoms with Crippen molar-refractivity contribution in [2.45, 2.75) is 57.1 Å². The minimum absolute atomic E-state index is 0.0617.